The third kappa shape index (κ3) is 4.78. The number of benzene rings is 1. The lowest BCUT2D eigenvalue weighted by Crippen LogP contribution is -2.38. The van der Waals surface area contributed by atoms with Gasteiger partial charge in [-0.05, 0) is 30.9 Å². The van der Waals surface area contributed by atoms with Crippen LogP contribution < -0.4 is 10.0 Å². The Bertz CT molecular complexity index is 556. The summed E-state index contributed by atoms with van der Waals surface area (Å²) >= 11 is 0. The minimum absolute atomic E-state index is 0.204. The summed E-state index contributed by atoms with van der Waals surface area (Å²) in [4.78, 5) is 0.354. The molecule has 0 aliphatic heterocycles. The van der Waals surface area contributed by atoms with E-state index in [-0.39, 0.29) is 6.04 Å². The van der Waals surface area contributed by atoms with Crippen LogP contribution in [0.2, 0.25) is 0 Å². The second kappa shape index (κ2) is 7.35. The van der Waals surface area contributed by atoms with E-state index in [2.05, 4.69) is 10.0 Å². The molecule has 2 rings (SSSR count). The largest absolute Gasteiger partial charge is 0.383 e. The average molecular weight is 312 g/mol. The van der Waals surface area contributed by atoms with Crippen molar-refractivity contribution in [3.8, 4) is 0 Å². The van der Waals surface area contributed by atoms with E-state index in [1.54, 1.807) is 19.2 Å². The van der Waals surface area contributed by atoms with Crippen molar-refractivity contribution in [2.24, 2.45) is 0 Å². The van der Waals surface area contributed by atoms with Gasteiger partial charge in [0.25, 0.3) is 0 Å². The maximum Gasteiger partial charge on any atom is 0.241 e. The number of sulfonamides is 1. The van der Waals surface area contributed by atoms with Gasteiger partial charge in [0.05, 0.1) is 11.5 Å². The molecule has 2 N–H and O–H groups in total. The Labute approximate surface area is 127 Å². The Kier molecular flexibility index (Phi) is 5.75. The molecule has 0 spiro atoms. The summed E-state index contributed by atoms with van der Waals surface area (Å²) in [6.45, 7) is 2.90. The van der Waals surface area contributed by atoms with Gasteiger partial charge in [0.15, 0.2) is 0 Å². The lowest BCUT2D eigenvalue weighted by atomic mass is 10.2. The molecule has 0 bridgehead atoms. The van der Waals surface area contributed by atoms with Crippen molar-refractivity contribution in [1.82, 2.24) is 10.0 Å². The summed E-state index contributed by atoms with van der Waals surface area (Å²) in [6.07, 6.45) is 3.05. The zero-order valence-corrected chi connectivity index (χ0v) is 13.4. The van der Waals surface area contributed by atoms with E-state index in [1.165, 1.54) is 12.8 Å². The third-order valence-corrected chi connectivity index (χ3v) is 5.22. The minimum atomic E-state index is -3.52. The molecule has 5 nitrogen and oxygen atoms in total. The molecule has 1 aromatic rings. The topological polar surface area (TPSA) is 67.4 Å². The van der Waals surface area contributed by atoms with E-state index in [0.717, 1.165) is 5.56 Å². The predicted octanol–water partition coefficient (Wildman–Crippen LogP) is 1.64. The second-order valence-electron chi connectivity index (χ2n) is 5.44. The van der Waals surface area contributed by atoms with Gasteiger partial charge in [-0.3, -0.25) is 0 Å². The van der Waals surface area contributed by atoms with Crippen LogP contribution in [0.4, 0.5) is 0 Å². The smallest absolute Gasteiger partial charge is 0.241 e. The van der Waals surface area contributed by atoms with Crippen LogP contribution in [0.15, 0.2) is 29.2 Å². The fourth-order valence-corrected chi connectivity index (χ4v) is 3.72. The van der Waals surface area contributed by atoms with Crippen LogP contribution in [0.1, 0.15) is 31.7 Å². The van der Waals surface area contributed by atoms with Gasteiger partial charge in [0.1, 0.15) is 0 Å². The van der Waals surface area contributed by atoms with Crippen LogP contribution in [0, 0.1) is 0 Å². The predicted molar refractivity (Wildman–Crippen MR) is 82.6 cm³/mol. The van der Waals surface area contributed by atoms with E-state index in [9.17, 15) is 8.42 Å². The van der Waals surface area contributed by atoms with Gasteiger partial charge in [0, 0.05) is 25.7 Å². The molecule has 0 heterocycles. The third-order valence-electron chi connectivity index (χ3n) is 3.60. The van der Waals surface area contributed by atoms with Gasteiger partial charge in [0.2, 0.25) is 10.0 Å². The Morgan fingerprint density at radius 1 is 1.33 bits per heavy atom. The summed E-state index contributed by atoms with van der Waals surface area (Å²) < 4.78 is 32.9. The Hall–Kier alpha value is -0.950. The van der Waals surface area contributed by atoms with Gasteiger partial charge >= 0.3 is 0 Å². The normalized spacial score (nSPS) is 16.9. The molecule has 21 heavy (non-hydrogen) atoms. The minimum Gasteiger partial charge on any atom is -0.383 e. The fraction of sp³-hybridized carbons (Fsp3) is 0.600. The zero-order valence-electron chi connectivity index (χ0n) is 12.6. The van der Waals surface area contributed by atoms with E-state index in [4.69, 9.17) is 4.74 Å². The van der Waals surface area contributed by atoms with Crippen LogP contribution in [0.3, 0.4) is 0 Å². The molecule has 0 amide bonds. The maximum atomic E-state index is 12.6. The molecule has 6 heteroatoms. The molecule has 0 aromatic heterocycles. The SMILES string of the molecule is CCC(COC)NS(=O)(=O)c1ccccc1CNC1CC1. The van der Waals surface area contributed by atoms with Crippen molar-refractivity contribution in [2.45, 2.75) is 49.7 Å². The molecule has 118 valence electrons. The fourth-order valence-electron chi connectivity index (χ4n) is 2.17. The molecule has 1 fully saturated rings. The standard InChI is InChI=1S/C15H24N2O3S/c1-3-13(11-20-2)17-21(18,19)15-7-5-4-6-12(15)10-16-14-8-9-14/h4-7,13-14,16-17H,3,8-11H2,1-2H3. The van der Waals surface area contributed by atoms with Crippen molar-refractivity contribution in [1.29, 1.82) is 0 Å². The molecule has 1 atom stereocenters. The first kappa shape index (κ1) is 16.4. The first-order chi connectivity index (χ1) is 10.1. The molecule has 0 radical (unpaired) electrons. The van der Waals surface area contributed by atoms with E-state index >= 15 is 0 Å². The van der Waals surface area contributed by atoms with E-state index < -0.39 is 10.0 Å². The van der Waals surface area contributed by atoms with Crippen LogP contribution in [0.25, 0.3) is 0 Å². The summed E-state index contributed by atoms with van der Waals surface area (Å²) in [5, 5.41) is 3.36. The van der Waals surface area contributed by atoms with Gasteiger partial charge in [-0.15, -0.1) is 0 Å². The van der Waals surface area contributed by atoms with Crippen molar-refractivity contribution in [3.63, 3.8) is 0 Å². The van der Waals surface area contributed by atoms with Crippen LogP contribution in [0.5, 0.6) is 0 Å². The van der Waals surface area contributed by atoms with Gasteiger partial charge in [-0.1, -0.05) is 25.1 Å². The number of rotatable bonds is 9. The maximum absolute atomic E-state index is 12.6. The van der Waals surface area contributed by atoms with Crippen molar-refractivity contribution < 1.29 is 13.2 Å². The first-order valence-corrected chi connectivity index (χ1v) is 8.87. The monoisotopic (exact) mass is 312 g/mol. The highest BCUT2D eigenvalue weighted by Crippen LogP contribution is 2.21. The molecule has 1 aromatic carbocycles. The van der Waals surface area contributed by atoms with Gasteiger partial charge in [-0.2, -0.15) is 0 Å². The van der Waals surface area contributed by atoms with Crippen LogP contribution in [-0.2, 0) is 21.3 Å². The number of ether oxygens (including phenoxy) is 1. The zero-order chi connectivity index (χ0) is 15.3. The second-order valence-corrected chi connectivity index (χ2v) is 7.13. The summed E-state index contributed by atoms with van der Waals surface area (Å²) in [6, 6.07) is 7.49. The lowest BCUT2D eigenvalue weighted by molar-refractivity contribution is 0.173. The Balaban J connectivity index is 2.13. The highest BCUT2D eigenvalue weighted by atomic mass is 32.2. The molecule has 1 aliphatic rings. The molecule has 0 saturated heterocycles. The van der Waals surface area contributed by atoms with Gasteiger partial charge < -0.3 is 10.1 Å². The number of methoxy groups -OCH3 is 1. The average Bonchev–Trinajstić information content (AvgIpc) is 3.29. The van der Waals surface area contributed by atoms with Crippen LogP contribution in [-0.4, -0.2) is 34.2 Å². The molecule has 1 aliphatic carbocycles. The van der Waals surface area contributed by atoms with Crippen molar-refractivity contribution in [3.05, 3.63) is 29.8 Å². The summed E-state index contributed by atoms with van der Waals surface area (Å²) in [7, 11) is -1.95. The Morgan fingerprint density at radius 2 is 2.05 bits per heavy atom. The number of nitrogens with one attached hydrogen (secondary N) is 2. The summed E-state index contributed by atoms with van der Waals surface area (Å²) in [5.74, 6) is 0. The molecular weight excluding hydrogens is 288 g/mol. The van der Waals surface area contributed by atoms with E-state index in [0.29, 0.717) is 30.5 Å². The van der Waals surface area contributed by atoms with Gasteiger partial charge in [-0.25, -0.2) is 13.1 Å². The summed E-state index contributed by atoms with van der Waals surface area (Å²) in [5.41, 5.74) is 0.809. The molecule has 1 saturated carbocycles. The quantitative estimate of drug-likeness (QED) is 0.727. The lowest BCUT2D eigenvalue weighted by Gasteiger charge is -2.18. The van der Waals surface area contributed by atoms with Crippen molar-refractivity contribution in [2.75, 3.05) is 13.7 Å². The highest BCUT2D eigenvalue weighted by Gasteiger charge is 2.24. The number of hydrogen-bond acceptors (Lipinski definition) is 4. The molecule has 1 unspecified atom stereocenters. The van der Waals surface area contributed by atoms with E-state index in [1.807, 2.05) is 19.1 Å². The first-order valence-electron chi connectivity index (χ1n) is 7.39. The Morgan fingerprint density at radius 3 is 2.67 bits per heavy atom. The highest BCUT2D eigenvalue weighted by molar-refractivity contribution is 7.89. The van der Waals surface area contributed by atoms with Crippen molar-refractivity contribution >= 4 is 10.0 Å². The van der Waals surface area contributed by atoms with Crippen LogP contribution >= 0.6 is 0 Å². The molecular formula is C15H24N2O3S. The number of hydrogen-bond donors (Lipinski definition) is 2.